The quantitative estimate of drug-likeness (QED) is 0.917. The van der Waals surface area contributed by atoms with Crippen LogP contribution in [-0.2, 0) is 0 Å². The smallest absolute Gasteiger partial charge is 0.258 e. The Balaban J connectivity index is 1.80. The molecule has 2 aliphatic rings. The molecule has 0 saturated heterocycles. The van der Waals surface area contributed by atoms with Gasteiger partial charge in [-0.1, -0.05) is 18.2 Å². The highest BCUT2D eigenvalue weighted by molar-refractivity contribution is 6.02. The number of anilines is 1. The lowest BCUT2D eigenvalue weighted by Gasteiger charge is -2.38. The predicted octanol–water partition coefficient (Wildman–Crippen LogP) is 3.69. The molecular weight excluding hydrogens is 286 g/mol. The fourth-order valence-electron chi connectivity index (χ4n) is 2.92. The number of amides is 1. The number of carbonyl (C=O) groups excluding carboxylic acids is 1. The fraction of sp³-hybridized carbons (Fsp3) is 0.235. The first-order valence-electron chi connectivity index (χ1n) is 7.28. The molecular formula is C17H14F2N2O. The van der Waals surface area contributed by atoms with Crippen molar-refractivity contribution in [2.75, 3.05) is 5.32 Å². The van der Waals surface area contributed by atoms with Crippen molar-refractivity contribution >= 4 is 11.6 Å². The summed E-state index contributed by atoms with van der Waals surface area (Å²) in [6, 6.07) is 11.2. The topological polar surface area (TPSA) is 32.3 Å². The number of rotatable bonds is 2. The zero-order valence-electron chi connectivity index (χ0n) is 11.7. The van der Waals surface area contributed by atoms with Crippen molar-refractivity contribution < 1.29 is 13.6 Å². The van der Waals surface area contributed by atoms with Gasteiger partial charge in [-0.2, -0.15) is 0 Å². The van der Waals surface area contributed by atoms with E-state index in [1.54, 1.807) is 11.0 Å². The zero-order chi connectivity index (χ0) is 15.3. The van der Waals surface area contributed by atoms with Crippen LogP contribution in [0.5, 0.6) is 0 Å². The van der Waals surface area contributed by atoms with Crippen molar-refractivity contribution in [1.82, 2.24) is 4.90 Å². The Hall–Kier alpha value is -2.43. The molecule has 1 aliphatic carbocycles. The minimum absolute atomic E-state index is 0.0633. The van der Waals surface area contributed by atoms with Gasteiger partial charge >= 0.3 is 0 Å². The largest absolute Gasteiger partial charge is 0.361 e. The molecule has 3 nitrogen and oxygen atoms in total. The van der Waals surface area contributed by atoms with Crippen LogP contribution in [0.4, 0.5) is 14.5 Å². The Morgan fingerprint density at radius 2 is 1.82 bits per heavy atom. The van der Waals surface area contributed by atoms with Crippen LogP contribution in [0.2, 0.25) is 0 Å². The number of nitrogens with zero attached hydrogens (tertiary/aromatic N) is 1. The lowest BCUT2D eigenvalue weighted by molar-refractivity contribution is 0.0666. The van der Waals surface area contributed by atoms with Crippen molar-refractivity contribution in [1.29, 1.82) is 0 Å². The van der Waals surface area contributed by atoms with Crippen LogP contribution in [0, 0.1) is 11.6 Å². The first-order chi connectivity index (χ1) is 10.6. The summed E-state index contributed by atoms with van der Waals surface area (Å²) in [6.45, 7) is 0. The van der Waals surface area contributed by atoms with E-state index in [-0.39, 0.29) is 11.9 Å². The summed E-state index contributed by atoms with van der Waals surface area (Å²) in [6.07, 6.45) is 1.41. The number of benzene rings is 2. The van der Waals surface area contributed by atoms with Crippen LogP contribution in [0.1, 0.15) is 34.9 Å². The molecule has 1 fully saturated rings. The molecule has 1 saturated carbocycles. The molecule has 0 spiro atoms. The average molecular weight is 300 g/mol. The Labute approximate surface area is 126 Å². The number of fused-ring (bicyclic) bond motifs is 1. The number of halogens is 2. The van der Waals surface area contributed by atoms with Gasteiger partial charge in [0.1, 0.15) is 6.17 Å². The predicted molar refractivity (Wildman–Crippen MR) is 78.4 cm³/mol. The maximum atomic E-state index is 13.6. The number of para-hydroxylation sites is 1. The van der Waals surface area contributed by atoms with E-state index in [2.05, 4.69) is 5.32 Å². The molecule has 2 aromatic carbocycles. The van der Waals surface area contributed by atoms with E-state index < -0.39 is 17.8 Å². The number of hydrogen-bond acceptors (Lipinski definition) is 2. The van der Waals surface area contributed by atoms with Gasteiger partial charge in [0.25, 0.3) is 5.91 Å². The van der Waals surface area contributed by atoms with Gasteiger partial charge in [0, 0.05) is 11.7 Å². The molecule has 0 aromatic heterocycles. The third-order valence-electron chi connectivity index (χ3n) is 4.16. The van der Waals surface area contributed by atoms with Gasteiger partial charge in [-0.3, -0.25) is 4.79 Å². The molecule has 1 atom stereocenters. The third kappa shape index (κ3) is 2.04. The average Bonchev–Trinajstić information content (AvgIpc) is 3.34. The van der Waals surface area contributed by atoms with Crippen molar-refractivity contribution in [3.05, 3.63) is 65.2 Å². The summed E-state index contributed by atoms with van der Waals surface area (Å²) in [7, 11) is 0. The summed E-state index contributed by atoms with van der Waals surface area (Å²) in [4.78, 5) is 14.5. The molecule has 22 heavy (non-hydrogen) atoms. The van der Waals surface area contributed by atoms with Crippen LogP contribution in [-0.4, -0.2) is 16.8 Å². The van der Waals surface area contributed by atoms with E-state index in [0.717, 1.165) is 30.7 Å². The highest BCUT2D eigenvalue weighted by atomic mass is 19.2. The first-order valence-corrected chi connectivity index (χ1v) is 7.28. The van der Waals surface area contributed by atoms with E-state index >= 15 is 0 Å². The molecule has 5 heteroatoms. The maximum absolute atomic E-state index is 13.6. The Bertz CT molecular complexity index is 758. The van der Waals surface area contributed by atoms with Gasteiger partial charge in [0.05, 0.1) is 5.56 Å². The number of hydrogen-bond donors (Lipinski definition) is 1. The van der Waals surface area contributed by atoms with Crippen LogP contribution >= 0.6 is 0 Å². The van der Waals surface area contributed by atoms with Crippen LogP contribution < -0.4 is 5.32 Å². The van der Waals surface area contributed by atoms with Crippen molar-refractivity contribution in [2.45, 2.75) is 25.0 Å². The van der Waals surface area contributed by atoms with E-state index in [0.29, 0.717) is 11.1 Å². The number of nitrogens with one attached hydrogen (secondary N) is 1. The van der Waals surface area contributed by atoms with E-state index in [4.69, 9.17) is 0 Å². The van der Waals surface area contributed by atoms with Gasteiger partial charge in [0.2, 0.25) is 0 Å². The van der Waals surface area contributed by atoms with Crippen LogP contribution in [0.15, 0.2) is 42.5 Å². The summed E-state index contributed by atoms with van der Waals surface area (Å²) in [5.74, 6) is -1.85. The first kappa shape index (κ1) is 13.2. The van der Waals surface area contributed by atoms with Crippen molar-refractivity contribution in [3.8, 4) is 0 Å². The molecule has 0 bridgehead atoms. The van der Waals surface area contributed by atoms with Gasteiger partial charge in [0.15, 0.2) is 11.6 Å². The van der Waals surface area contributed by atoms with Gasteiger partial charge in [-0.25, -0.2) is 8.78 Å². The summed E-state index contributed by atoms with van der Waals surface area (Å²) >= 11 is 0. The second kappa shape index (κ2) is 4.80. The Kier molecular flexibility index (Phi) is 2.89. The normalized spacial score (nSPS) is 20.5. The van der Waals surface area contributed by atoms with E-state index in [1.807, 2.05) is 18.2 Å². The molecule has 0 unspecified atom stereocenters. The van der Waals surface area contributed by atoms with Gasteiger partial charge in [-0.15, -0.1) is 0 Å². The molecule has 2 aromatic rings. The zero-order valence-corrected chi connectivity index (χ0v) is 11.7. The van der Waals surface area contributed by atoms with E-state index in [1.165, 1.54) is 6.07 Å². The lowest BCUT2D eigenvalue weighted by atomic mass is 10.0. The monoisotopic (exact) mass is 300 g/mol. The summed E-state index contributed by atoms with van der Waals surface area (Å²) < 4.78 is 26.7. The summed E-state index contributed by atoms with van der Waals surface area (Å²) in [5, 5.41) is 3.28. The molecule has 1 N–H and O–H groups in total. The highest BCUT2D eigenvalue weighted by Gasteiger charge is 2.42. The summed E-state index contributed by atoms with van der Waals surface area (Å²) in [5.41, 5.74) is 1.89. The minimum atomic E-state index is -0.902. The third-order valence-corrected chi connectivity index (χ3v) is 4.16. The molecule has 0 radical (unpaired) electrons. The van der Waals surface area contributed by atoms with Gasteiger partial charge < -0.3 is 10.2 Å². The molecule has 1 aliphatic heterocycles. The van der Waals surface area contributed by atoms with Crippen molar-refractivity contribution in [2.24, 2.45) is 0 Å². The van der Waals surface area contributed by atoms with Crippen LogP contribution in [0.3, 0.4) is 0 Å². The van der Waals surface area contributed by atoms with E-state index in [9.17, 15) is 13.6 Å². The van der Waals surface area contributed by atoms with Gasteiger partial charge in [-0.05, 0) is 42.7 Å². The lowest BCUT2D eigenvalue weighted by Crippen LogP contribution is -2.44. The Morgan fingerprint density at radius 1 is 1.05 bits per heavy atom. The molecule has 4 rings (SSSR count). The standard InChI is InChI=1S/C17H14F2N2O/c18-13-8-5-10(9-14(13)19)16-20-15-4-2-1-3-12(15)17(22)21(16)11-6-7-11/h1-5,8-9,11,16,20H,6-7H2/t16-/m0/s1. The fourth-order valence-corrected chi connectivity index (χ4v) is 2.92. The molecule has 1 heterocycles. The molecule has 112 valence electrons. The SMILES string of the molecule is O=C1c2ccccc2N[C@H](c2ccc(F)c(F)c2)N1C1CC1. The van der Waals surface area contributed by atoms with Crippen molar-refractivity contribution in [3.63, 3.8) is 0 Å². The Morgan fingerprint density at radius 3 is 2.55 bits per heavy atom. The number of carbonyl (C=O) groups is 1. The van der Waals surface area contributed by atoms with Crippen LogP contribution in [0.25, 0.3) is 0 Å². The second-order valence-electron chi connectivity index (χ2n) is 5.71. The molecule has 1 amide bonds. The maximum Gasteiger partial charge on any atom is 0.258 e. The highest BCUT2D eigenvalue weighted by Crippen LogP contribution is 2.40. The second-order valence-corrected chi connectivity index (χ2v) is 5.71. The minimum Gasteiger partial charge on any atom is -0.361 e.